The van der Waals surface area contributed by atoms with Crippen LogP contribution >= 0.6 is 23.2 Å². The van der Waals surface area contributed by atoms with E-state index >= 15 is 0 Å². The molecule has 0 saturated heterocycles. The largest absolute Gasteiger partial charge is 0.417 e. The highest BCUT2D eigenvalue weighted by atomic mass is 35.5. The molecule has 0 aliphatic rings. The molecule has 9 heteroatoms. The van der Waals surface area contributed by atoms with Crippen molar-refractivity contribution in [1.29, 1.82) is 0 Å². The number of rotatable bonds is 4. The lowest BCUT2D eigenvalue weighted by atomic mass is 10.2. The second-order valence-electron chi connectivity index (χ2n) is 4.91. The number of carbonyl (C=O) groups is 1. The van der Waals surface area contributed by atoms with Gasteiger partial charge in [-0.15, -0.1) is 0 Å². The van der Waals surface area contributed by atoms with Crippen molar-refractivity contribution in [2.24, 2.45) is 0 Å². The Morgan fingerprint density at radius 3 is 2.54 bits per heavy atom. The van der Waals surface area contributed by atoms with Crippen molar-refractivity contribution in [2.75, 3.05) is 0 Å². The highest BCUT2D eigenvalue weighted by Crippen LogP contribution is 2.29. The Morgan fingerprint density at radius 2 is 1.92 bits per heavy atom. The van der Waals surface area contributed by atoms with E-state index < -0.39 is 34.8 Å². The minimum atomic E-state index is -4.67. The Kier molecular flexibility index (Phi) is 5.56. The normalized spacial score (nSPS) is 11.4. The van der Waals surface area contributed by atoms with Gasteiger partial charge < -0.3 is 9.88 Å². The van der Waals surface area contributed by atoms with Crippen LogP contribution in [-0.2, 0) is 24.1 Å². The molecule has 0 aliphatic heterocycles. The third-order valence-corrected chi connectivity index (χ3v) is 3.57. The van der Waals surface area contributed by atoms with Crippen LogP contribution in [0.1, 0.15) is 11.1 Å². The number of nitrogens with one attached hydrogen (secondary N) is 1. The fraction of sp³-hybridized carbons (Fsp3) is 0.200. The third-order valence-electron chi connectivity index (χ3n) is 3.06. The summed E-state index contributed by atoms with van der Waals surface area (Å²) in [5.74, 6) is -0.632. The molecule has 4 nitrogen and oxygen atoms in total. The van der Waals surface area contributed by atoms with Crippen LogP contribution in [0.3, 0.4) is 0 Å². The van der Waals surface area contributed by atoms with Gasteiger partial charge in [0, 0.05) is 17.8 Å². The van der Waals surface area contributed by atoms with E-state index in [2.05, 4.69) is 5.32 Å². The maximum atomic E-state index is 12.7. The second-order valence-corrected chi connectivity index (χ2v) is 5.76. The van der Waals surface area contributed by atoms with Crippen molar-refractivity contribution in [2.45, 2.75) is 19.3 Å². The Morgan fingerprint density at radius 1 is 1.21 bits per heavy atom. The first-order valence-electron chi connectivity index (χ1n) is 6.65. The average molecular weight is 379 g/mol. The zero-order chi connectivity index (χ0) is 17.9. The number of alkyl halides is 3. The topological polar surface area (TPSA) is 51.1 Å². The fourth-order valence-corrected chi connectivity index (χ4v) is 2.37. The van der Waals surface area contributed by atoms with Gasteiger partial charge in [-0.3, -0.25) is 9.59 Å². The Balaban J connectivity index is 2.11. The molecular weight excluding hydrogens is 368 g/mol. The van der Waals surface area contributed by atoms with Crippen molar-refractivity contribution in [3.8, 4) is 0 Å². The van der Waals surface area contributed by atoms with Gasteiger partial charge in [-0.2, -0.15) is 13.2 Å². The second kappa shape index (κ2) is 7.27. The number of halogens is 5. The smallest absolute Gasteiger partial charge is 0.350 e. The maximum absolute atomic E-state index is 12.7. The number of hydrogen-bond donors (Lipinski definition) is 1. The summed E-state index contributed by atoms with van der Waals surface area (Å²) in [6.45, 7) is -0.454. The summed E-state index contributed by atoms with van der Waals surface area (Å²) in [6.07, 6.45) is -4.11. The standard InChI is InChI=1S/C15H11Cl2F3N2O2/c16-11-3-1-2-9(4-11)6-21-13(23)8-22-7-10(15(18,19)20)5-12(17)14(22)24/h1-5,7H,6,8H2,(H,21,23). The zero-order valence-corrected chi connectivity index (χ0v) is 13.5. The van der Waals surface area contributed by atoms with Crippen LogP contribution in [0, 0.1) is 0 Å². The summed E-state index contributed by atoms with van der Waals surface area (Å²) >= 11 is 11.3. The summed E-state index contributed by atoms with van der Waals surface area (Å²) in [7, 11) is 0. The van der Waals surface area contributed by atoms with Crippen LogP contribution < -0.4 is 10.9 Å². The van der Waals surface area contributed by atoms with Gasteiger partial charge in [-0.25, -0.2) is 0 Å². The van der Waals surface area contributed by atoms with Gasteiger partial charge in [0.2, 0.25) is 5.91 Å². The van der Waals surface area contributed by atoms with Crippen molar-refractivity contribution < 1.29 is 18.0 Å². The number of aromatic nitrogens is 1. The minimum absolute atomic E-state index is 0.126. The number of carbonyl (C=O) groups excluding carboxylic acids is 1. The molecule has 0 radical (unpaired) electrons. The molecule has 128 valence electrons. The SMILES string of the molecule is O=C(Cn1cc(C(F)(F)F)cc(Cl)c1=O)NCc1cccc(Cl)c1. The van der Waals surface area contributed by atoms with Crippen LogP contribution in [0.15, 0.2) is 41.3 Å². The van der Waals surface area contributed by atoms with Crippen LogP contribution in [0.25, 0.3) is 0 Å². The third kappa shape index (κ3) is 4.75. The number of amides is 1. The zero-order valence-electron chi connectivity index (χ0n) is 12.0. The van der Waals surface area contributed by atoms with Crippen molar-refractivity contribution in [1.82, 2.24) is 9.88 Å². The van der Waals surface area contributed by atoms with E-state index in [0.717, 1.165) is 0 Å². The molecule has 0 aliphatic carbocycles. The first-order chi connectivity index (χ1) is 11.2. The molecule has 24 heavy (non-hydrogen) atoms. The van der Waals surface area contributed by atoms with Crippen LogP contribution in [0.2, 0.25) is 10.0 Å². The Hall–Kier alpha value is -1.99. The van der Waals surface area contributed by atoms with Gasteiger partial charge in [0.05, 0.1) is 5.56 Å². The van der Waals surface area contributed by atoms with Crippen molar-refractivity contribution in [3.63, 3.8) is 0 Å². The van der Waals surface area contributed by atoms with Gasteiger partial charge in [-0.05, 0) is 23.8 Å². The number of hydrogen-bond acceptors (Lipinski definition) is 2. The highest BCUT2D eigenvalue weighted by Gasteiger charge is 2.32. The van der Waals surface area contributed by atoms with E-state index in [4.69, 9.17) is 23.2 Å². The molecule has 0 unspecified atom stereocenters. The fourth-order valence-electron chi connectivity index (χ4n) is 1.93. The molecule has 0 fully saturated rings. The average Bonchev–Trinajstić information content (AvgIpc) is 2.48. The molecule has 0 bridgehead atoms. The number of nitrogens with zero attached hydrogens (tertiary/aromatic N) is 1. The van der Waals surface area contributed by atoms with E-state index in [1.54, 1.807) is 24.3 Å². The summed E-state index contributed by atoms with van der Waals surface area (Å²) in [5.41, 5.74) is -1.26. The molecule has 1 aromatic heterocycles. The predicted molar refractivity (Wildman–Crippen MR) is 84.0 cm³/mol. The van der Waals surface area contributed by atoms with Crippen LogP contribution in [0.5, 0.6) is 0 Å². The molecule has 0 saturated carbocycles. The molecule has 0 spiro atoms. The summed E-state index contributed by atoms with van der Waals surface area (Å²) in [4.78, 5) is 23.6. The molecule has 1 N–H and O–H groups in total. The molecular formula is C15H11Cl2F3N2O2. The Labute approximate surface area is 144 Å². The van der Waals surface area contributed by atoms with Gasteiger partial charge >= 0.3 is 6.18 Å². The number of benzene rings is 1. The Bertz CT molecular complexity index is 819. The highest BCUT2D eigenvalue weighted by molar-refractivity contribution is 6.30. The maximum Gasteiger partial charge on any atom is 0.417 e. The van der Waals surface area contributed by atoms with Crippen LogP contribution in [-0.4, -0.2) is 10.5 Å². The molecule has 1 heterocycles. The molecule has 1 aromatic carbocycles. The molecule has 1 amide bonds. The van der Waals surface area contributed by atoms with Crippen molar-refractivity contribution in [3.05, 3.63) is 68.1 Å². The van der Waals surface area contributed by atoms with Crippen molar-refractivity contribution >= 4 is 29.1 Å². The first kappa shape index (κ1) is 18.4. The minimum Gasteiger partial charge on any atom is -0.350 e. The van der Waals surface area contributed by atoms with E-state index in [1.165, 1.54) is 0 Å². The molecule has 2 aromatic rings. The van der Waals surface area contributed by atoms with E-state index in [0.29, 0.717) is 27.4 Å². The van der Waals surface area contributed by atoms with E-state index in [1.807, 2.05) is 0 Å². The summed E-state index contributed by atoms with van der Waals surface area (Å²) in [6, 6.07) is 7.25. The lowest BCUT2D eigenvalue weighted by molar-refractivity contribution is -0.138. The van der Waals surface area contributed by atoms with Gasteiger partial charge in [0.15, 0.2) is 0 Å². The summed E-state index contributed by atoms with van der Waals surface area (Å²) < 4.78 is 38.8. The van der Waals surface area contributed by atoms with Gasteiger partial charge in [0.25, 0.3) is 5.56 Å². The van der Waals surface area contributed by atoms with Gasteiger partial charge in [0.1, 0.15) is 11.6 Å². The quantitative estimate of drug-likeness (QED) is 0.885. The van der Waals surface area contributed by atoms with Crippen LogP contribution in [0.4, 0.5) is 13.2 Å². The van der Waals surface area contributed by atoms with E-state index in [9.17, 15) is 22.8 Å². The predicted octanol–water partition coefficient (Wildman–Crippen LogP) is 3.49. The first-order valence-corrected chi connectivity index (χ1v) is 7.41. The lowest BCUT2D eigenvalue weighted by Gasteiger charge is -2.12. The van der Waals surface area contributed by atoms with Gasteiger partial charge in [-0.1, -0.05) is 35.3 Å². The molecule has 0 atom stereocenters. The summed E-state index contributed by atoms with van der Waals surface area (Å²) in [5, 5.41) is 2.38. The number of pyridine rings is 1. The van der Waals surface area contributed by atoms with E-state index in [-0.39, 0.29) is 6.54 Å². The molecule has 2 rings (SSSR count). The lowest BCUT2D eigenvalue weighted by Crippen LogP contribution is -2.32. The monoisotopic (exact) mass is 378 g/mol.